The number of aliphatic imine (C=N–C) groups is 2. The summed E-state index contributed by atoms with van der Waals surface area (Å²) in [5.41, 5.74) is 7.82. The van der Waals surface area contributed by atoms with Gasteiger partial charge in [0, 0.05) is 16.7 Å². The second-order valence-electron chi connectivity index (χ2n) is 13.4. The highest BCUT2D eigenvalue weighted by Gasteiger charge is 2.24. The van der Waals surface area contributed by atoms with Gasteiger partial charge in [-0.3, -0.25) is 0 Å². The molecule has 1 heterocycles. The normalized spacial score (nSPS) is 14.3. The van der Waals surface area contributed by atoms with Crippen LogP contribution in [0, 0.1) is 0 Å². The number of fused-ring (bicyclic) bond motifs is 7. The van der Waals surface area contributed by atoms with Crippen LogP contribution in [0.15, 0.2) is 198 Å². The summed E-state index contributed by atoms with van der Waals surface area (Å²) >= 11 is 0. The average Bonchev–Trinajstić information content (AvgIpc) is 3.24. The molecule has 0 aromatic heterocycles. The summed E-state index contributed by atoms with van der Waals surface area (Å²) in [4.78, 5) is 10.3. The third-order valence-corrected chi connectivity index (χ3v) is 10.3. The van der Waals surface area contributed by atoms with Gasteiger partial charge in [-0.1, -0.05) is 182 Å². The number of amidine groups is 2. The van der Waals surface area contributed by atoms with Crippen LogP contribution in [0.4, 0.5) is 0 Å². The van der Waals surface area contributed by atoms with E-state index < -0.39 is 0 Å². The molecule has 0 spiro atoms. The van der Waals surface area contributed by atoms with Crippen LogP contribution in [-0.4, -0.2) is 11.7 Å². The van der Waals surface area contributed by atoms with Gasteiger partial charge in [-0.25, -0.2) is 9.98 Å². The molecule has 1 atom stereocenters. The van der Waals surface area contributed by atoms with Crippen LogP contribution >= 0.6 is 0 Å². The monoisotopic (exact) mass is 663 g/mol. The molecule has 0 saturated carbocycles. The third kappa shape index (κ3) is 5.14. The SMILES string of the molecule is c1ccc(C2=NC(c3ccc4ccccc4c3-c3ccc(-c4ccc5c6ccccc6c6ccccc6c5c4)cc3)NC(c3ccccc3)=N2)cc1. The molecule has 3 nitrogen and oxygen atoms in total. The van der Waals surface area contributed by atoms with Gasteiger partial charge in [-0.05, 0) is 71.4 Å². The first-order valence-electron chi connectivity index (χ1n) is 17.8. The summed E-state index contributed by atoms with van der Waals surface area (Å²) in [5, 5.41) is 13.8. The molecular formula is C49H33N3. The average molecular weight is 664 g/mol. The van der Waals surface area contributed by atoms with Crippen LogP contribution in [-0.2, 0) is 0 Å². The molecule has 1 aliphatic heterocycles. The molecule has 244 valence electrons. The highest BCUT2D eigenvalue weighted by atomic mass is 15.2. The molecule has 0 aliphatic carbocycles. The first-order valence-corrected chi connectivity index (χ1v) is 17.8. The number of hydrogen-bond acceptors (Lipinski definition) is 3. The Morgan fingerprint density at radius 1 is 0.365 bits per heavy atom. The molecule has 0 radical (unpaired) electrons. The van der Waals surface area contributed by atoms with Gasteiger partial charge in [-0.15, -0.1) is 0 Å². The van der Waals surface area contributed by atoms with Gasteiger partial charge in [0.25, 0.3) is 0 Å². The molecule has 1 N–H and O–H groups in total. The Bertz CT molecular complexity index is 2820. The lowest BCUT2D eigenvalue weighted by molar-refractivity contribution is 0.676. The summed E-state index contributed by atoms with van der Waals surface area (Å²) in [7, 11) is 0. The van der Waals surface area contributed by atoms with E-state index in [-0.39, 0.29) is 6.17 Å². The molecule has 0 amide bonds. The van der Waals surface area contributed by atoms with E-state index in [4.69, 9.17) is 9.98 Å². The van der Waals surface area contributed by atoms with Crippen molar-refractivity contribution in [3.8, 4) is 22.3 Å². The smallest absolute Gasteiger partial charge is 0.159 e. The van der Waals surface area contributed by atoms with Crippen molar-refractivity contribution in [3.05, 3.63) is 205 Å². The van der Waals surface area contributed by atoms with E-state index in [0.717, 1.165) is 28.1 Å². The fourth-order valence-electron chi connectivity index (χ4n) is 7.82. The quantitative estimate of drug-likeness (QED) is 0.183. The van der Waals surface area contributed by atoms with Crippen molar-refractivity contribution in [2.24, 2.45) is 9.98 Å². The second-order valence-corrected chi connectivity index (χ2v) is 13.4. The maximum absolute atomic E-state index is 5.25. The summed E-state index contributed by atoms with van der Waals surface area (Å²) in [6.45, 7) is 0. The molecule has 1 unspecified atom stereocenters. The Morgan fingerprint density at radius 3 is 1.56 bits per heavy atom. The summed E-state index contributed by atoms with van der Waals surface area (Å²) < 4.78 is 0. The molecule has 1 aliphatic rings. The van der Waals surface area contributed by atoms with Gasteiger partial charge in [-0.2, -0.15) is 0 Å². The topological polar surface area (TPSA) is 36.8 Å². The van der Waals surface area contributed by atoms with Crippen LogP contribution in [0.25, 0.3) is 65.3 Å². The van der Waals surface area contributed by atoms with E-state index >= 15 is 0 Å². The predicted octanol–water partition coefficient (Wildman–Crippen LogP) is 12.1. The van der Waals surface area contributed by atoms with Gasteiger partial charge < -0.3 is 5.32 Å². The van der Waals surface area contributed by atoms with Crippen molar-refractivity contribution in [2.75, 3.05) is 0 Å². The van der Waals surface area contributed by atoms with Gasteiger partial charge in [0.2, 0.25) is 0 Å². The molecule has 3 heteroatoms. The van der Waals surface area contributed by atoms with Crippen LogP contribution in [0.2, 0.25) is 0 Å². The fourth-order valence-corrected chi connectivity index (χ4v) is 7.82. The summed E-state index contributed by atoms with van der Waals surface area (Å²) in [5.74, 6) is 1.53. The Balaban J connectivity index is 1.10. The van der Waals surface area contributed by atoms with Crippen molar-refractivity contribution in [1.29, 1.82) is 0 Å². The van der Waals surface area contributed by atoms with Crippen molar-refractivity contribution < 1.29 is 0 Å². The van der Waals surface area contributed by atoms with Crippen LogP contribution in [0.5, 0.6) is 0 Å². The molecule has 52 heavy (non-hydrogen) atoms. The predicted molar refractivity (Wildman–Crippen MR) is 219 cm³/mol. The van der Waals surface area contributed by atoms with E-state index in [1.807, 2.05) is 36.4 Å². The standard InChI is InChI=1S/C49H33N3/c1-3-14-35(15-4-1)47-50-48(36-16-5-2-6-17-36)52-49(51-47)44-30-27-33-13-7-8-18-38(33)46(44)34-25-23-32(24-26-34)37-28-29-43-41-21-10-9-19-39(41)40-20-11-12-22-42(40)45(43)31-37/h1-31,49H,(H,50,51,52). The lowest BCUT2D eigenvalue weighted by atomic mass is 9.89. The Labute approximate surface area is 302 Å². The molecule has 9 aromatic carbocycles. The molecular weight excluding hydrogens is 631 g/mol. The number of rotatable bonds is 5. The first kappa shape index (κ1) is 30.0. The minimum absolute atomic E-state index is 0.342. The van der Waals surface area contributed by atoms with Gasteiger partial charge in [0.15, 0.2) is 5.84 Å². The van der Waals surface area contributed by atoms with E-state index in [2.05, 4.69) is 157 Å². The number of nitrogens with one attached hydrogen (secondary N) is 1. The van der Waals surface area contributed by atoms with Gasteiger partial charge >= 0.3 is 0 Å². The number of hydrogen-bond donors (Lipinski definition) is 1. The maximum Gasteiger partial charge on any atom is 0.159 e. The fraction of sp³-hybridized carbons (Fsp3) is 0.0204. The summed E-state index contributed by atoms with van der Waals surface area (Å²) in [6, 6.07) is 67.1. The van der Waals surface area contributed by atoms with Gasteiger partial charge in [0.05, 0.1) is 0 Å². The van der Waals surface area contributed by atoms with Crippen molar-refractivity contribution in [2.45, 2.75) is 6.17 Å². The van der Waals surface area contributed by atoms with Gasteiger partial charge in [0.1, 0.15) is 12.0 Å². The minimum atomic E-state index is -0.342. The highest BCUT2D eigenvalue weighted by molar-refractivity contribution is 6.25. The molecule has 0 saturated heterocycles. The van der Waals surface area contributed by atoms with E-state index in [9.17, 15) is 0 Å². The Morgan fingerprint density at radius 2 is 0.885 bits per heavy atom. The van der Waals surface area contributed by atoms with E-state index in [1.54, 1.807) is 0 Å². The zero-order valence-electron chi connectivity index (χ0n) is 28.4. The Kier molecular flexibility index (Phi) is 7.21. The third-order valence-electron chi connectivity index (χ3n) is 10.3. The first-order chi connectivity index (χ1) is 25.8. The van der Waals surface area contributed by atoms with E-state index in [1.165, 1.54) is 59.8 Å². The maximum atomic E-state index is 5.25. The molecule has 10 rings (SSSR count). The lowest BCUT2D eigenvalue weighted by Gasteiger charge is -2.26. The molecule has 0 bridgehead atoms. The second kappa shape index (κ2) is 12.5. The lowest BCUT2D eigenvalue weighted by Crippen LogP contribution is -2.33. The molecule has 9 aromatic rings. The van der Waals surface area contributed by atoms with Crippen LogP contribution in [0.1, 0.15) is 22.9 Å². The van der Waals surface area contributed by atoms with Crippen molar-refractivity contribution in [3.63, 3.8) is 0 Å². The zero-order chi connectivity index (χ0) is 34.4. The van der Waals surface area contributed by atoms with Crippen molar-refractivity contribution >= 4 is 54.8 Å². The van der Waals surface area contributed by atoms with E-state index in [0.29, 0.717) is 5.84 Å². The largest absolute Gasteiger partial charge is 0.344 e. The Hall–Kier alpha value is -6.84. The molecule has 0 fully saturated rings. The highest BCUT2D eigenvalue weighted by Crippen LogP contribution is 2.40. The van der Waals surface area contributed by atoms with Crippen molar-refractivity contribution in [1.82, 2.24) is 5.32 Å². The number of nitrogens with zero attached hydrogens (tertiary/aromatic N) is 2. The number of benzene rings is 9. The van der Waals surface area contributed by atoms with Crippen LogP contribution < -0.4 is 5.32 Å². The zero-order valence-corrected chi connectivity index (χ0v) is 28.4. The summed E-state index contributed by atoms with van der Waals surface area (Å²) in [6.07, 6.45) is -0.342. The minimum Gasteiger partial charge on any atom is -0.344 e. The van der Waals surface area contributed by atoms with Crippen LogP contribution in [0.3, 0.4) is 0 Å².